The van der Waals surface area contributed by atoms with E-state index in [0.29, 0.717) is 0 Å². The molecule has 1 amide bonds. The van der Waals surface area contributed by atoms with E-state index in [0.717, 1.165) is 77.3 Å². The van der Waals surface area contributed by atoms with Gasteiger partial charge in [-0.25, -0.2) is 0 Å². The number of benzene rings is 1. The highest BCUT2D eigenvalue weighted by Crippen LogP contribution is 2.28. The predicted octanol–water partition coefficient (Wildman–Crippen LogP) is 2.17. The molecule has 2 heterocycles. The first-order valence-corrected chi connectivity index (χ1v) is 10.2. The summed E-state index contributed by atoms with van der Waals surface area (Å²) in [6.07, 6.45) is 2.09. The van der Waals surface area contributed by atoms with E-state index in [-0.39, 0.29) is 5.91 Å². The number of amides is 1. The average molecular weight is 359 g/mol. The number of carbonyl (C=O) groups excluding carboxylic acids is 1. The Morgan fingerprint density at radius 3 is 2.46 bits per heavy atom. The van der Waals surface area contributed by atoms with Gasteiger partial charge < -0.3 is 14.7 Å². The molecule has 5 heteroatoms. The molecule has 3 rings (SSSR count). The van der Waals surface area contributed by atoms with Crippen LogP contribution in [0.2, 0.25) is 0 Å². The Labute approximate surface area is 158 Å². The lowest BCUT2D eigenvalue weighted by molar-refractivity contribution is 0.0708. The van der Waals surface area contributed by atoms with Crippen LogP contribution in [0.15, 0.2) is 18.2 Å². The highest BCUT2D eigenvalue weighted by atomic mass is 16.2. The van der Waals surface area contributed by atoms with Crippen molar-refractivity contribution in [2.24, 2.45) is 0 Å². The summed E-state index contributed by atoms with van der Waals surface area (Å²) in [4.78, 5) is 22.4. The normalized spacial score (nSPS) is 18.2. The summed E-state index contributed by atoms with van der Waals surface area (Å²) in [7, 11) is 2.11. The second-order valence-corrected chi connectivity index (χ2v) is 7.58. The molecule has 0 saturated carbocycles. The van der Waals surface area contributed by atoms with Crippen molar-refractivity contribution in [3.63, 3.8) is 0 Å². The summed E-state index contributed by atoms with van der Waals surface area (Å²) >= 11 is 0. The van der Waals surface area contributed by atoms with Gasteiger partial charge in [-0.2, -0.15) is 0 Å². The number of fused-ring (bicyclic) bond motifs is 1. The van der Waals surface area contributed by atoms with Crippen molar-refractivity contribution in [2.45, 2.75) is 26.7 Å². The van der Waals surface area contributed by atoms with Gasteiger partial charge in [0.15, 0.2) is 0 Å². The second kappa shape index (κ2) is 8.87. The minimum Gasteiger partial charge on any atom is -0.374 e. The van der Waals surface area contributed by atoms with Crippen molar-refractivity contribution in [3.8, 4) is 0 Å². The number of piperazine rings is 1. The number of rotatable bonds is 7. The molecule has 0 N–H and O–H groups in total. The number of likely N-dealkylation sites (N-methyl/N-ethyl adjacent to an activating group) is 2. The summed E-state index contributed by atoms with van der Waals surface area (Å²) in [5.41, 5.74) is 3.42. The minimum absolute atomic E-state index is 0.183. The third kappa shape index (κ3) is 4.38. The number of hydrogen-bond acceptors (Lipinski definition) is 4. The molecule has 1 saturated heterocycles. The van der Waals surface area contributed by atoms with E-state index in [1.807, 2.05) is 11.0 Å². The van der Waals surface area contributed by atoms with E-state index in [1.165, 1.54) is 11.3 Å². The van der Waals surface area contributed by atoms with Gasteiger partial charge in [-0.1, -0.05) is 19.9 Å². The smallest absolute Gasteiger partial charge is 0.253 e. The molecular weight excluding hydrogens is 324 g/mol. The van der Waals surface area contributed by atoms with E-state index in [2.05, 4.69) is 47.7 Å². The monoisotopic (exact) mass is 358 g/mol. The van der Waals surface area contributed by atoms with Crippen LogP contribution in [0.4, 0.5) is 5.69 Å². The van der Waals surface area contributed by atoms with E-state index < -0.39 is 0 Å². The Kier molecular flexibility index (Phi) is 6.54. The molecule has 0 bridgehead atoms. The standard InChI is InChI=1S/C21H34N4O/c1-4-9-25(16-15-24-13-11-23(5-2)12-14-24)21(26)19-7-6-18-8-10-22(3)20(18)17-19/h6-7,17H,4-5,8-16H2,1-3H3. The zero-order chi connectivity index (χ0) is 18.5. The van der Waals surface area contributed by atoms with Gasteiger partial charge in [-0.3, -0.25) is 9.69 Å². The molecular formula is C21H34N4O. The van der Waals surface area contributed by atoms with Crippen molar-refractivity contribution >= 4 is 11.6 Å². The van der Waals surface area contributed by atoms with E-state index >= 15 is 0 Å². The lowest BCUT2D eigenvalue weighted by atomic mass is 10.1. The van der Waals surface area contributed by atoms with Crippen LogP contribution < -0.4 is 4.90 Å². The molecule has 0 aliphatic carbocycles. The highest BCUT2D eigenvalue weighted by molar-refractivity contribution is 5.95. The van der Waals surface area contributed by atoms with Crippen LogP contribution in [0, 0.1) is 0 Å². The van der Waals surface area contributed by atoms with Crippen LogP contribution in [-0.4, -0.2) is 86.6 Å². The molecule has 26 heavy (non-hydrogen) atoms. The number of hydrogen-bond donors (Lipinski definition) is 0. The maximum atomic E-state index is 13.1. The molecule has 0 radical (unpaired) electrons. The molecule has 0 aromatic heterocycles. The molecule has 1 fully saturated rings. The van der Waals surface area contributed by atoms with Gasteiger partial charge in [0, 0.05) is 70.7 Å². The van der Waals surface area contributed by atoms with Crippen molar-refractivity contribution in [1.29, 1.82) is 0 Å². The highest BCUT2D eigenvalue weighted by Gasteiger charge is 2.22. The van der Waals surface area contributed by atoms with Crippen LogP contribution >= 0.6 is 0 Å². The van der Waals surface area contributed by atoms with Crippen molar-refractivity contribution in [1.82, 2.24) is 14.7 Å². The molecule has 0 spiro atoms. The summed E-state index contributed by atoms with van der Waals surface area (Å²) in [5, 5.41) is 0. The molecule has 144 valence electrons. The summed E-state index contributed by atoms with van der Waals surface area (Å²) in [6, 6.07) is 6.25. The van der Waals surface area contributed by atoms with Gasteiger partial charge >= 0.3 is 0 Å². The quantitative estimate of drug-likeness (QED) is 0.747. The van der Waals surface area contributed by atoms with Crippen LogP contribution in [0.1, 0.15) is 36.2 Å². The summed E-state index contributed by atoms with van der Waals surface area (Å²) < 4.78 is 0. The van der Waals surface area contributed by atoms with Gasteiger partial charge in [0.1, 0.15) is 0 Å². The zero-order valence-electron chi connectivity index (χ0n) is 16.7. The molecule has 1 aromatic carbocycles. The van der Waals surface area contributed by atoms with Crippen LogP contribution in [0.3, 0.4) is 0 Å². The Balaban J connectivity index is 1.60. The zero-order valence-corrected chi connectivity index (χ0v) is 16.7. The van der Waals surface area contributed by atoms with E-state index in [9.17, 15) is 4.79 Å². The fourth-order valence-corrected chi connectivity index (χ4v) is 4.03. The summed E-state index contributed by atoms with van der Waals surface area (Å²) in [6.45, 7) is 13.7. The Morgan fingerprint density at radius 1 is 1.04 bits per heavy atom. The lowest BCUT2D eigenvalue weighted by Crippen LogP contribution is -2.48. The van der Waals surface area contributed by atoms with Crippen LogP contribution in [-0.2, 0) is 6.42 Å². The SMILES string of the molecule is CCCN(CCN1CCN(CC)CC1)C(=O)c1ccc2c(c1)N(C)CC2. The fourth-order valence-electron chi connectivity index (χ4n) is 4.03. The first-order valence-electron chi connectivity index (χ1n) is 10.2. The van der Waals surface area contributed by atoms with Crippen molar-refractivity contribution < 1.29 is 4.79 Å². The minimum atomic E-state index is 0.183. The largest absolute Gasteiger partial charge is 0.374 e. The van der Waals surface area contributed by atoms with Crippen LogP contribution in [0.25, 0.3) is 0 Å². The van der Waals surface area contributed by atoms with Crippen LogP contribution in [0.5, 0.6) is 0 Å². The van der Waals surface area contributed by atoms with Gasteiger partial charge in [-0.15, -0.1) is 0 Å². The fraction of sp³-hybridized carbons (Fsp3) is 0.667. The topological polar surface area (TPSA) is 30.0 Å². The number of nitrogens with zero attached hydrogens (tertiary/aromatic N) is 4. The predicted molar refractivity (Wildman–Crippen MR) is 108 cm³/mol. The number of anilines is 1. The maximum Gasteiger partial charge on any atom is 0.253 e. The number of carbonyl (C=O) groups is 1. The molecule has 1 aromatic rings. The average Bonchev–Trinajstić information content (AvgIpc) is 3.05. The Hall–Kier alpha value is -1.59. The molecule has 2 aliphatic heterocycles. The van der Waals surface area contributed by atoms with Gasteiger partial charge in [0.2, 0.25) is 0 Å². The molecule has 0 unspecified atom stereocenters. The van der Waals surface area contributed by atoms with Gasteiger partial charge in [-0.05, 0) is 37.1 Å². The third-order valence-corrected chi connectivity index (χ3v) is 5.84. The first kappa shape index (κ1) is 19.2. The summed E-state index contributed by atoms with van der Waals surface area (Å²) in [5.74, 6) is 0.183. The third-order valence-electron chi connectivity index (χ3n) is 5.84. The van der Waals surface area contributed by atoms with Crippen molar-refractivity contribution in [2.75, 3.05) is 70.9 Å². The van der Waals surface area contributed by atoms with Crippen molar-refractivity contribution in [3.05, 3.63) is 29.3 Å². The Morgan fingerprint density at radius 2 is 1.77 bits per heavy atom. The lowest BCUT2D eigenvalue weighted by Gasteiger charge is -2.35. The van der Waals surface area contributed by atoms with E-state index in [1.54, 1.807) is 0 Å². The second-order valence-electron chi connectivity index (χ2n) is 7.58. The van der Waals surface area contributed by atoms with Gasteiger partial charge in [0.25, 0.3) is 5.91 Å². The maximum absolute atomic E-state index is 13.1. The molecule has 2 aliphatic rings. The van der Waals surface area contributed by atoms with Gasteiger partial charge in [0.05, 0.1) is 0 Å². The first-order chi connectivity index (χ1) is 12.6. The molecule has 0 atom stereocenters. The molecule has 5 nitrogen and oxygen atoms in total. The van der Waals surface area contributed by atoms with E-state index in [4.69, 9.17) is 0 Å². The Bertz CT molecular complexity index is 610.